The van der Waals surface area contributed by atoms with Gasteiger partial charge in [0.25, 0.3) is 0 Å². The van der Waals surface area contributed by atoms with Gasteiger partial charge in [-0.15, -0.1) is 0 Å². The minimum absolute atomic E-state index is 0.0997. The van der Waals surface area contributed by atoms with Crippen molar-refractivity contribution in [2.45, 2.75) is 38.8 Å². The first-order valence-corrected chi connectivity index (χ1v) is 10.6. The summed E-state index contributed by atoms with van der Waals surface area (Å²) in [5.41, 5.74) is 0.587. The molecule has 0 radical (unpaired) electrons. The zero-order chi connectivity index (χ0) is 22.7. The van der Waals surface area contributed by atoms with E-state index in [-0.39, 0.29) is 23.8 Å². The lowest BCUT2D eigenvalue weighted by Crippen LogP contribution is -2.43. The Kier molecular flexibility index (Phi) is 6.25. The van der Waals surface area contributed by atoms with Crippen LogP contribution in [0.15, 0.2) is 24.5 Å². The van der Waals surface area contributed by atoms with Crippen molar-refractivity contribution in [3.63, 3.8) is 0 Å². The zero-order valence-electron chi connectivity index (χ0n) is 18.0. The molecule has 0 bridgehead atoms. The highest BCUT2D eigenvalue weighted by atomic mass is 19.1. The van der Waals surface area contributed by atoms with Gasteiger partial charge in [0, 0.05) is 19.1 Å². The summed E-state index contributed by atoms with van der Waals surface area (Å²) < 4.78 is 25.7. The number of carbonyl (C=O) groups excluding carboxylic acids is 1. The molecule has 0 atom stereocenters. The molecule has 4 rings (SSSR count). The molecule has 0 unspecified atom stereocenters. The van der Waals surface area contributed by atoms with Gasteiger partial charge in [0.05, 0.1) is 30.0 Å². The highest BCUT2D eigenvalue weighted by Gasteiger charge is 2.29. The molecular formula is C22H25FN6O3. The summed E-state index contributed by atoms with van der Waals surface area (Å²) in [5.74, 6) is 0.974. The molecule has 2 aliphatic heterocycles. The van der Waals surface area contributed by atoms with E-state index in [0.717, 1.165) is 12.8 Å². The number of halogens is 1. The van der Waals surface area contributed by atoms with Crippen molar-refractivity contribution in [1.82, 2.24) is 14.9 Å². The number of hydrogen-bond acceptors (Lipinski definition) is 8. The molecule has 1 saturated heterocycles. The molecule has 0 spiro atoms. The first kappa shape index (κ1) is 21.6. The van der Waals surface area contributed by atoms with Crippen molar-refractivity contribution in [2.75, 3.05) is 36.5 Å². The first-order chi connectivity index (χ1) is 15.5. The van der Waals surface area contributed by atoms with Crippen LogP contribution in [0.3, 0.4) is 0 Å². The minimum atomic E-state index is -0.495. The summed E-state index contributed by atoms with van der Waals surface area (Å²) in [6.45, 7) is 5.59. The monoisotopic (exact) mass is 440 g/mol. The topological polar surface area (TPSA) is 104 Å². The van der Waals surface area contributed by atoms with Crippen molar-refractivity contribution in [3.8, 4) is 11.8 Å². The van der Waals surface area contributed by atoms with E-state index in [1.165, 1.54) is 12.4 Å². The van der Waals surface area contributed by atoms with Gasteiger partial charge in [0.1, 0.15) is 18.8 Å². The van der Waals surface area contributed by atoms with Gasteiger partial charge in [-0.25, -0.2) is 19.2 Å². The molecule has 10 heteroatoms. The van der Waals surface area contributed by atoms with Gasteiger partial charge in [-0.2, -0.15) is 5.26 Å². The molecule has 9 nitrogen and oxygen atoms in total. The number of aromatic nitrogens is 2. The van der Waals surface area contributed by atoms with E-state index in [2.05, 4.69) is 15.3 Å². The lowest BCUT2D eigenvalue weighted by atomic mass is 10.1. The van der Waals surface area contributed by atoms with Crippen LogP contribution >= 0.6 is 0 Å². The third-order valence-electron chi connectivity index (χ3n) is 5.40. The first-order valence-electron chi connectivity index (χ1n) is 10.6. The summed E-state index contributed by atoms with van der Waals surface area (Å²) in [7, 11) is 0. The van der Waals surface area contributed by atoms with Crippen LogP contribution in [0.1, 0.15) is 32.3 Å². The molecule has 32 heavy (non-hydrogen) atoms. The van der Waals surface area contributed by atoms with Gasteiger partial charge in [-0.3, -0.25) is 0 Å². The molecule has 1 N–H and O–H groups in total. The fraction of sp³-hybridized carbons (Fsp3) is 0.455. The molecule has 2 aromatic rings. The fourth-order valence-corrected chi connectivity index (χ4v) is 3.84. The van der Waals surface area contributed by atoms with Gasteiger partial charge < -0.3 is 24.6 Å². The summed E-state index contributed by atoms with van der Waals surface area (Å²) in [5, 5.41) is 12.4. The number of rotatable bonds is 4. The van der Waals surface area contributed by atoms with Crippen molar-refractivity contribution < 1.29 is 18.7 Å². The Bertz CT molecular complexity index is 1030. The number of nitriles is 1. The number of nitrogens with one attached hydrogen (secondary N) is 1. The van der Waals surface area contributed by atoms with Gasteiger partial charge in [0.2, 0.25) is 5.75 Å². The van der Waals surface area contributed by atoms with E-state index in [9.17, 15) is 9.18 Å². The Hall–Kier alpha value is -3.61. The number of fused-ring (bicyclic) bond motifs is 1. The SMILES string of the molecule is CC(C)OC(=O)N1CCC(Nc2ncnc3c2OCCN3c2ccc(C#N)cc2F)CC1. The summed E-state index contributed by atoms with van der Waals surface area (Å²) >= 11 is 0. The third kappa shape index (κ3) is 4.51. The van der Waals surface area contributed by atoms with Crippen LogP contribution in [0.2, 0.25) is 0 Å². The number of nitrogens with zero attached hydrogens (tertiary/aromatic N) is 5. The minimum Gasteiger partial charge on any atom is -0.485 e. The number of piperidine rings is 1. The highest BCUT2D eigenvalue weighted by molar-refractivity contribution is 5.73. The zero-order valence-corrected chi connectivity index (χ0v) is 18.0. The number of amides is 1. The average Bonchev–Trinajstić information content (AvgIpc) is 2.79. The Morgan fingerprint density at radius 1 is 1.31 bits per heavy atom. The van der Waals surface area contributed by atoms with Crippen LogP contribution < -0.4 is 15.0 Å². The number of carbonyl (C=O) groups is 1. The van der Waals surface area contributed by atoms with Crippen molar-refractivity contribution in [3.05, 3.63) is 35.9 Å². The predicted octanol–water partition coefficient (Wildman–Crippen LogP) is 3.44. The second-order valence-electron chi connectivity index (χ2n) is 7.99. The van der Waals surface area contributed by atoms with E-state index >= 15 is 0 Å². The predicted molar refractivity (Wildman–Crippen MR) is 115 cm³/mol. The van der Waals surface area contributed by atoms with Crippen LogP contribution in [0.4, 0.5) is 26.5 Å². The molecule has 3 heterocycles. The summed E-state index contributed by atoms with van der Waals surface area (Å²) in [6.07, 6.45) is 2.45. The summed E-state index contributed by atoms with van der Waals surface area (Å²) in [6, 6.07) is 6.40. The number of ether oxygens (including phenoxy) is 2. The van der Waals surface area contributed by atoms with E-state index in [1.54, 1.807) is 21.9 Å². The van der Waals surface area contributed by atoms with Crippen molar-refractivity contribution >= 4 is 23.4 Å². The molecule has 2 aliphatic rings. The maximum Gasteiger partial charge on any atom is 0.410 e. The molecule has 0 saturated carbocycles. The van der Waals surface area contributed by atoms with Gasteiger partial charge >= 0.3 is 6.09 Å². The smallest absolute Gasteiger partial charge is 0.410 e. The van der Waals surface area contributed by atoms with Crippen LogP contribution in [0.5, 0.6) is 5.75 Å². The maximum atomic E-state index is 14.6. The van der Waals surface area contributed by atoms with Crippen LogP contribution in [0, 0.1) is 17.1 Å². The maximum absolute atomic E-state index is 14.6. The lowest BCUT2D eigenvalue weighted by Gasteiger charge is -2.34. The van der Waals surface area contributed by atoms with Gasteiger partial charge in [-0.05, 0) is 44.9 Å². The van der Waals surface area contributed by atoms with Crippen LogP contribution in [0.25, 0.3) is 0 Å². The van der Waals surface area contributed by atoms with E-state index < -0.39 is 5.82 Å². The second-order valence-corrected chi connectivity index (χ2v) is 7.99. The lowest BCUT2D eigenvalue weighted by molar-refractivity contribution is 0.0701. The number of anilines is 3. The normalized spacial score (nSPS) is 16.2. The Morgan fingerprint density at radius 3 is 2.78 bits per heavy atom. The van der Waals surface area contributed by atoms with E-state index in [1.807, 2.05) is 19.9 Å². The highest BCUT2D eigenvalue weighted by Crippen LogP contribution is 2.40. The average molecular weight is 440 g/mol. The van der Waals surface area contributed by atoms with Gasteiger partial charge in [0.15, 0.2) is 11.6 Å². The quantitative estimate of drug-likeness (QED) is 0.771. The third-order valence-corrected chi connectivity index (χ3v) is 5.40. The fourth-order valence-electron chi connectivity index (χ4n) is 3.84. The standard InChI is InChI=1S/C22H25FN6O3/c1-14(2)32-22(30)28-7-5-16(6-8-28)27-20-19-21(26-13-25-20)29(9-10-31-19)18-4-3-15(12-24)11-17(18)23/h3-4,11,13-14,16H,5-10H2,1-2H3,(H,25,26,27). The van der Waals surface area contributed by atoms with Crippen molar-refractivity contribution in [2.24, 2.45) is 0 Å². The number of likely N-dealkylation sites (tertiary alicyclic amines) is 1. The summed E-state index contributed by atoms with van der Waals surface area (Å²) in [4.78, 5) is 24.2. The molecule has 168 valence electrons. The van der Waals surface area contributed by atoms with Gasteiger partial charge in [-0.1, -0.05) is 0 Å². The van der Waals surface area contributed by atoms with Crippen LogP contribution in [-0.4, -0.2) is 59.3 Å². The molecule has 1 amide bonds. The second kappa shape index (κ2) is 9.26. The Balaban J connectivity index is 1.48. The Labute approximate surface area is 185 Å². The largest absolute Gasteiger partial charge is 0.485 e. The molecule has 1 aromatic heterocycles. The van der Waals surface area contributed by atoms with E-state index in [4.69, 9.17) is 14.7 Å². The molecule has 1 aromatic carbocycles. The molecule has 1 fully saturated rings. The van der Waals surface area contributed by atoms with Crippen LogP contribution in [-0.2, 0) is 4.74 Å². The number of benzene rings is 1. The van der Waals surface area contributed by atoms with E-state index in [0.29, 0.717) is 49.3 Å². The molecule has 0 aliphatic carbocycles. The Morgan fingerprint density at radius 2 is 2.09 bits per heavy atom. The molecular weight excluding hydrogens is 415 g/mol. The van der Waals surface area contributed by atoms with Crippen molar-refractivity contribution in [1.29, 1.82) is 5.26 Å². The number of hydrogen-bond donors (Lipinski definition) is 1.